The van der Waals surface area contributed by atoms with Gasteiger partial charge in [-0.3, -0.25) is 9.80 Å². The number of carbonyl (C=O) groups excluding carboxylic acids is 1. The van der Waals surface area contributed by atoms with Gasteiger partial charge in [-0.2, -0.15) is 0 Å². The SMILES string of the molecule is CN1NC2(CCCCC2)Nc2ccccc2C1=O. The maximum Gasteiger partial charge on any atom is 0.269 e. The molecule has 1 aromatic rings. The molecule has 4 heteroatoms. The second-order valence-corrected chi connectivity index (χ2v) is 5.29. The Hall–Kier alpha value is -1.55. The molecule has 0 atom stereocenters. The lowest BCUT2D eigenvalue weighted by molar-refractivity contribution is 0.0596. The van der Waals surface area contributed by atoms with Crippen LogP contribution in [0.3, 0.4) is 0 Å². The number of amides is 1. The quantitative estimate of drug-likeness (QED) is 0.737. The first kappa shape index (κ1) is 11.5. The van der Waals surface area contributed by atoms with Crippen LogP contribution in [0.2, 0.25) is 0 Å². The summed E-state index contributed by atoms with van der Waals surface area (Å²) in [7, 11) is 1.81. The number of fused-ring (bicyclic) bond motifs is 1. The van der Waals surface area contributed by atoms with Gasteiger partial charge in [0.15, 0.2) is 0 Å². The van der Waals surface area contributed by atoms with E-state index in [1.54, 1.807) is 5.01 Å². The molecule has 1 fully saturated rings. The van der Waals surface area contributed by atoms with Crippen molar-refractivity contribution in [3.8, 4) is 0 Å². The summed E-state index contributed by atoms with van der Waals surface area (Å²) >= 11 is 0. The Morgan fingerprint density at radius 3 is 2.67 bits per heavy atom. The Balaban J connectivity index is 2.01. The van der Waals surface area contributed by atoms with E-state index >= 15 is 0 Å². The van der Waals surface area contributed by atoms with Crippen molar-refractivity contribution in [2.75, 3.05) is 12.4 Å². The first-order valence-electron chi connectivity index (χ1n) is 6.63. The van der Waals surface area contributed by atoms with Crippen LogP contribution in [0, 0.1) is 0 Å². The van der Waals surface area contributed by atoms with Crippen molar-refractivity contribution in [2.24, 2.45) is 0 Å². The molecule has 18 heavy (non-hydrogen) atoms. The summed E-state index contributed by atoms with van der Waals surface area (Å²) in [6.45, 7) is 0. The molecule has 96 valence electrons. The predicted molar refractivity (Wildman–Crippen MR) is 71.1 cm³/mol. The maximum atomic E-state index is 12.3. The molecule has 1 amide bonds. The van der Waals surface area contributed by atoms with E-state index in [9.17, 15) is 4.79 Å². The number of hydrazine groups is 1. The highest BCUT2D eigenvalue weighted by Crippen LogP contribution is 2.33. The van der Waals surface area contributed by atoms with Gasteiger partial charge in [0, 0.05) is 12.7 Å². The number of carbonyl (C=O) groups is 1. The van der Waals surface area contributed by atoms with E-state index in [1.165, 1.54) is 19.3 Å². The Kier molecular flexibility index (Phi) is 2.74. The molecule has 2 aliphatic rings. The Morgan fingerprint density at radius 1 is 1.17 bits per heavy atom. The van der Waals surface area contributed by atoms with Gasteiger partial charge in [0.25, 0.3) is 5.91 Å². The van der Waals surface area contributed by atoms with Gasteiger partial charge in [0.05, 0.1) is 5.56 Å². The van der Waals surface area contributed by atoms with Crippen molar-refractivity contribution in [2.45, 2.75) is 37.8 Å². The van der Waals surface area contributed by atoms with E-state index in [1.807, 2.05) is 31.3 Å². The van der Waals surface area contributed by atoms with Crippen LogP contribution < -0.4 is 10.7 Å². The van der Waals surface area contributed by atoms with E-state index in [4.69, 9.17) is 0 Å². The third-order valence-corrected chi connectivity index (χ3v) is 3.92. The standard InChI is InChI=1S/C14H19N3O/c1-17-13(18)11-7-3-4-8-12(11)15-14(16-17)9-5-2-6-10-14/h3-4,7-8,15-16H,2,5-6,9-10H2,1H3. The van der Waals surface area contributed by atoms with E-state index in [0.29, 0.717) is 0 Å². The molecule has 0 unspecified atom stereocenters. The van der Waals surface area contributed by atoms with E-state index in [2.05, 4.69) is 10.7 Å². The molecule has 1 aromatic carbocycles. The Labute approximate surface area is 107 Å². The highest BCUT2D eigenvalue weighted by Gasteiger charge is 2.37. The van der Waals surface area contributed by atoms with Gasteiger partial charge in [-0.1, -0.05) is 18.6 Å². The summed E-state index contributed by atoms with van der Waals surface area (Å²) in [6, 6.07) is 7.75. The van der Waals surface area contributed by atoms with Crippen molar-refractivity contribution in [3.05, 3.63) is 29.8 Å². The lowest BCUT2D eigenvalue weighted by Gasteiger charge is -2.40. The smallest absolute Gasteiger partial charge is 0.269 e. The van der Waals surface area contributed by atoms with Gasteiger partial charge in [-0.15, -0.1) is 0 Å². The number of hydrogen-bond acceptors (Lipinski definition) is 3. The van der Waals surface area contributed by atoms with E-state index in [0.717, 1.165) is 24.1 Å². The maximum absolute atomic E-state index is 12.3. The molecule has 1 aliphatic carbocycles. The molecule has 1 spiro atoms. The third kappa shape index (κ3) is 1.86. The summed E-state index contributed by atoms with van der Waals surface area (Å²) in [4.78, 5) is 12.3. The van der Waals surface area contributed by atoms with Crippen molar-refractivity contribution >= 4 is 11.6 Å². The zero-order valence-electron chi connectivity index (χ0n) is 10.7. The highest BCUT2D eigenvalue weighted by atomic mass is 16.2. The van der Waals surface area contributed by atoms with Crippen molar-refractivity contribution in [1.29, 1.82) is 0 Å². The van der Waals surface area contributed by atoms with Gasteiger partial charge in [-0.05, 0) is 37.8 Å². The van der Waals surface area contributed by atoms with Crippen molar-refractivity contribution in [1.82, 2.24) is 10.4 Å². The lowest BCUT2D eigenvalue weighted by atomic mass is 9.89. The molecular formula is C14H19N3O. The molecule has 0 saturated heterocycles. The summed E-state index contributed by atoms with van der Waals surface area (Å²) in [5.74, 6) is 0.0283. The monoisotopic (exact) mass is 245 g/mol. The zero-order chi connectivity index (χ0) is 12.6. The third-order valence-electron chi connectivity index (χ3n) is 3.92. The zero-order valence-corrected chi connectivity index (χ0v) is 10.7. The van der Waals surface area contributed by atoms with Crippen molar-refractivity contribution < 1.29 is 4.79 Å². The van der Waals surface area contributed by atoms with Crippen molar-refractivity contribution in [3.63, 3.8) is 0 Å². The van der Waals surface area contributed by atoms with E-state index in [-0.39, 0.29) is 11.6 Å². The molecule has 0 bridgehead atoms. The molecular weight excluding hydrogens is 226 g/mol. The number of anilines is 1. The minimum atomic E-state index is -0.157. The van der Waals surface area contributed by atoms with Crippen LogP contribution in [0.4, 0.5) is 5.69 Å². The first-order valence-corrected chi connectivity index (χ1v) is 6.63. The number of nitrogens with zero attached hydrogens (tertiary/aromatic N) is 1. The predicted octanol–water partition coefficient (Wildman–Crippen LogP) is 2.35. The summed E-state index contributed by atoms with van der Waals surface area (Å²) in [5.41, 5.74) is 4.90. The summed E-state index contributed by atoms with van der Waals surface area (Å²) in [6.07, 6.45) is 5.79. The minimum Gasteiger partial charge on any atom is -0.365 e. The fraction of sp³-hybridized carbons (Fsp3) is 0.500. The van der Waals surface area contributed by atoms with E-state index < -0.39 is 0 Å². The van der Waals surface area contributed by atoms with Gasteiger partial charge < -0.3 is 5.32 Å². The molecule has 1 saturated carbocycles. The lowest BCUT2D eigenvalue weighted by Crippen LogP contribution is -2.58. The topological polar surface area (TPSA) is 44.4 Å². The fourth-order valence-corrected chi connectivity index (χ4v) is 3.01. The Morgan fingerprint density at radius 2 is 1.89 bits per heavy atom. The highest BCUT2D eigenvalue weighted by molar-refractivity contribution is 5.99. The number of benzene rings is 1. The van der Waals surface area contributed by atoms with Crippen LogP contribution >= 0.6 is 0 Å². The van der Waals surface area contributed by atoms with Gasteiger partial charge in [0.1, 0.15) is 5.66 Å². The number of nitrogens with one attached hydrogen (secondary N) is 2. The van der Waals surface area contributed by atoms with Gasteiger partial charge in [0.2, 0.25) is 0 Å². The molecule has 1 heterocycles. The molecule has 2 N–H and O–H groups in total. The van der Waals surface area contributed by atoms with Crippen LogP contribution in [-0.2, 0) is 0 Å². The number of hydrogen-bond donors (Lipinski definition) is 2. The summed E-state index contributed by atoms with van der Waals surface area (Å²) < 4.78 is 0. The number of rotatable bonds is 0. The minimum absolute atomic E-state index is 0.0283. The fourth-order valence-electron chi connectivity index (χ4n) is 3.01. The van der Waals surface area contributed by atoms with Crippen LogP contribution in [-0.4, -0.2) is 23.6 Å². The molecule has 0 radical (unpaired) electrons. The molecule has 3 rings (SSSR count). The van der Waals surface area contributed by atoms with Gasteiger partial charge >= 0.3 is 0 Å². The van der Waals surface area contributed by atoms with Crippen LogP contribution in [0.1, 0.15) is 42.5 Å². The molecule has 0 aromatic heterocycles. The second kappa shape index (κ2) is 4.28. The molecule has 4 nitrogen and oxygen atoms in total. The first-order chi connectivity index (χ1) is 8.70. The largest absolute Gasteiger partial charge is 0.365 e. The number of para-hydroxylation sites is 1. The average Bonchev–Trinajstić information content (AvgIpc) is 2.48. The Bertz CT molecular complexity index is 466. The van der Waals surface area contributed by atoms with Gasteiger partial charge in [-0.25, -0.2) is 5.43 Å². The van der Waals surface area contributed by atoms with Crippen LogP contribution in [0.25, 0.3) is 0 Å². The average molecular weight is 245 g/mol. The normalized spacial score (nSPS) is 22.3. The van der Waals surface area contributed by atoms with Crippen LogP contribution in [0.15, 0.2) is 24.3 Å². The second-order valence-electron chi connectivity index (χ2n) is 5.29. The summed E-state index contributed by atoms with van der Waals surface area (Å²) in [5, 5.41) is 5.19. The van der Waals surface area contributed by atoms with Crippen LogP contribution in [0.5, 0.6) is 0 Å². The molecule has 1 aliphatic heterocycles.